The maximum atomic E-state index is 11.1. The highest BCUT2D eigenvalue weighted by molar-refractivity contribution is 6.35. The van der Waals surface area contributed by atoms with E-state index in [1.54, 1.807) is 36.6 Å². The molecule has 5 heterocycles. The third kappa shape index (κ3) is 7.84. The van der Waals surface area contributed by atoms with Crippen LogP contribution in [0.2, 0.25) is 5.02 Å². The molecule has 3 aliphatic heterocycles. The Labute approximate surface area is 276 Å². The van der Waals surface area contributed by atoms with Gasteiger partial charge in [0.15, 0.2) is 0 Å². The highest BCUT2D eigenvalue weighted by Crippen LogP contribution is 2.33. The number of nitrogens with zero attached hydrogens (tertiary/aromatic N) is 2. The summed E-state index contributed by atoms with van der Waals surface area (Å²) in [5, 5.41) is 11.3. The number of aromatic carboxylic acids is 1. The van der Waals surface area contributed by atoms with Crippen LogP contribution < -0.4 is 10.5 Å². The average molecular weight is 666 g/mol. The molecular weight excluding hydrogens is 623 g/mol. The van der Waals surface area contributed by atoms with Gasteiger partial charge in [0.2, 0.25) is 0 Å². The second-order valence-corrected chi connectivity index (χ2v) is 12.4. The Morgan fingerprint density at radius 2 is 1.80 bits per heavy atom. The first-order chi connectivity index (χ1) is 20.5. The minimum Gasteiger partial charge on any atom is -0.488 e. The monoisotopic (exact) mass is 664 g/mol. The molecule has 2 aromatic heterocycles. The third-order valence-electron chi connectivity index (χ3n) is 9.22. The topological polar surface area (TPSA) is 108 Å². The van der Waals surface area contributed by atoms with Gasteiger partial charge in [-0.05, 0) is 101 Å². The molecule has 0 radical (unpaired) electrons. The predicted molar refractivity (Wildman–Crippen MR) is 181 cm³/mol. The minimum atomic E-state index is -1.01. The Hall–Kier alpha value is -2.46. The summed E-state index contributed by atoms with van der Waals surface area (Å²) >= 11 is 6.23. The number of H-pyrrole nitrogens is 1. The molecule has 3 aliphatic rings. The van der Waals surface area contributed by atoms with Crippen molar-refractivity contribution in [2.75, 3.05) is 32.7 Å². The molecule has 0 amide bonds. The van der Waals surface area contributed by atoms with Crippen LogP contribution in [0.1, 0.15) is 61.0 Å². The van der Waals surface area contributed by atoms with Gasteiger partial charge in [0.25, 0.3) is 0 Å². The number of furan rings is 1. The van der Waals surface area contributed by atoms with Gasteiger partial charge in [-0.2, -0.15) is 0 Å². The van der Waals surface area contributed by atoms with E-state index >= 15 is 0 Å². The lowest BCUT2D eigenvalue weighted by atomic mass is 9.83. The van der Waals surface area contributed by atoms with Crippen LogP contribution in [0.5, 0.6) is 5.75 Å². The maximum Gasteiger partial charge on any atom is 0.352 e. The van der Waals surface area contributed by atoms with Crippen LogP contribution in [0.15, 0.2) is 53.1 Å². The smallest absolute Gasteiger partial charge is 0.352 e. The molecule has 11 heteroatoms. The number of carbonyl (C=O) groups is 1. The molecule has 2 aromatic carbocycles. The first-order valence-corrected chi connectivity index (χ1v) is 15.7. The van der Waals surface area contributed by atoms with Crippen molar-refractivity contribution in [1.29, 1.82) is 0 Å². The number of nitrogens with one attached hydrogen (secondary N) is 1. The zero-order valence-electron chi connectivity index (χ0n) is 24.9. The fourth-order valence-electron chi connectivity index (χ4n) is 7.00. The molecule has 7 rings (SSSR count). The van der Waals surface area contributed by atoms with Crippen LogP contribution >= 0.6 is 36.4 Å². The Balaban J connectivity index is 0.000000199. The summed E-state index contributed by atoms with van der Waals surface area (Å²) in [6.07, 6.45) is 11.3. The molecule has 4 aromatic rings. The number of benzene rings is 2. The van der Waals surface area contributed by atoms with E-state index < -0.39 is 5.97 Å². The summed E-state index contributed by atoms with van der Waals surface area (Å²) < 4.78 is 11.4. The molecule has 0 aliphatic carbocycles. The Morgan fingerprint density at radius 1 is 1.02 bits per heavy atom. The number of likely N-dealkylation sites (tertiary alicyclic amines) is 1. The largest absolute Gasteiger partial charge is 0.488 e. The molecule has 3 saturated heterocycles. The van der Waals surface area contributed by atoms with Crippen molar-refractivity contribution in [2.45, 2.75) is 63.6 Å². The number of hydrogen-bond donors (Lipinski definition) is 3. The van der Waals surface area contributed by atoms with E-state index in [2.05, 4.69) is 14.8 Å². The number of halogens is 3. The lowest BCUT2D eigenvalue weighted by Gasteiger charge is -2.46. The summed E-state index contributed by atoms with van der Waals surface area (Å²) in [5.74, 6) is 0.524. The van der Waals surface area contributed by atoms with Gasteiger partial charge in [-0.3, -0.25) is 0 Å². The molecule has 240 valence electrons. The molecule has 2 atom stereocenters. The van der Waals surface area contributed by atoms with Gasteiger partial charge >= 0.3 is 5.97 Å². The molecule has 3 fully saturated rings. The highest BCUT2D eigenvalue weighted by atomic mass is 35.5. The van der Waals surface area contributed by atoms with Crippen molar-refractivity contribution >= 4 is 64.3 Å². The summed E-state index contributed by atoms with van der Waals surface area (Å²) in [4.78, 5) is 19.4. The van der Waals surface area contributed by atoms with Crippen LogP contribution in [-0.4, -0.2) is 70.7 Å². The first kappa shape index (κ1) is 34.4. The number of carboxylic acids is 1. The molecule has 44 heavy (non-hydrogen) atoms. The van der Waals surface area contributed by atoms with Crippen LogP contribution in [0.3, 0.4) is 0 Å². The Kier molecular flexibility index (Phi) is 12.3. The first-order valence-electron chi connectivity index (χ1n) is 15.3. The standard InChI is InChI=1S/C18H12ClNO4.C15H29N3.2ClH/c19-12-3-1-6-16-17(12)10(9-24-16)8-23-15-5-2-4-13-11(15)7-14(20-13)18(21)22;16-14-6-10-17(11-7-14)12-13-4-3-9-18-8-2-1-5-15(13)18;;/h1-7,9,20H,8H2,(H,21,22);13-15H,1-12,16H2;2*1H/t;13-,15+;;/m.0../s1. The number of piperidine rings is 3. The van der Waals surface area contributed by atoms with Crippen molar-refractivity contribution in [3.63, 3.8) is 0 Å². The number of ether oxygens (including phenoxy) is 1. The summed E-state index contributed by atoms with van der Waals surface area (Å²) in [5.41, 5.74) is 8.37. The predicted octanol–water partition coefficient (Wildman–Crippen LogP) is 7.36. The number of fused-ring (bicyclic) bond motifs is 3. The minimum absolute atomic E-state index is 0. The second-order valence-electron chi connectivity index (χ2n) is 12.0. The molecule has 4 N–H and O–H groups in total. The maximum absolute atomic E-state index is 11.1. The average Bonchev–Trinajstić information content (AvgIpc) is 3.64. The van der Waals surface area contributed by atoms with Crippen LogP contribution in [0.25, 0.3) is 21.9 Å². The highest BCUT2D eigenvalue weighted by Gasteiger charge is 2.34. The normalized spacial score (nSPS) is 21.0. The van der Waals surface area contributed by atoms with Crippen molar-refractivity contribution in [1.82, 2.24) is 14.8 Å². The van der Waals surface area contributed by atoms with E-state index in [1.165, 1.54) is 77.7 Å². The van der Waals surface area contributed by atoms with E-state index in [1.807, 2.05) is 12.1 Å². The summed E-state index contributed by atoms with van der Waals surface area (Å²) in [6, 6.07) is 13.8. The van der Waals surface area contributed by atoms with E-state index in [0.717, 1.165) is 22.9 Å². The molecule has 0 spiro atoms. The van der Waals surface area contributed by atoms with Gasteiger partial charge in [0.05, 0.1) is 11.3 Å². The van der Waals surface area contributed by atoms with E-state index in [0.29, 0.717) is 33.3 Å². The molecule has 8 nitrogen and oxygen atoms in total. The molecule has 0 bridgehead atoms. The number of aromatic nitrogens is 1. The Bertz CT molecular complexity index is 1520. The van der Waals surface area contributed by atoms with Crippen molar-refractivity contribution in [3.8, 4) is 5.75 Å². The summed E-state index contributed by atoms with van der Waals surface area (Å²) in [7, 11) is 0. The quantitative estimate of drug-likeness (QED) is 0.198. The van der Waals surface area contributed by atoms with E-state index in [4.69, 9.17) is 31.6 Å². The second kappa shape index (κ2) is 15.7. The van der Waals surface area contributed by atoms with E-state index in [-0.39, 0.29) is 37.1 Å². The fraction of sp³-hybridized carbons (Fsp3) is 0.485. The van der Waals surface area contributed by atoms with Gasteiger partial charge in [-0.25, -0.2) is 4.79 Å². The van der Waals surface area contributed by atoms with Gasteiger partial charge in [0, 0.05) is 40.5 Å². The van der Waals surface area contributed by atoms with E-state index in [9.17, 15) is 4.79 Å². The van der Waals surface area contributed by atoms with Crippen LogP contribution in [0.4, 0.5) is 0 Å². The number of aromatic amines is 1. The van der Waals surface area contributed by atoms with Gasteiger partial charge in [-0.15, -0.1) is 24.8 Å². The fourth-order valence-corrected chi connectivity index (χ4v) is 7.28. The van der Waals surface area contributed by atoms with Crippen molar-refractivity contribution in [2.24, 2.45) is 11.7 Å². The van der Waals surface area contributed by atoms with Crippen LogP contribution in [0, 0.1) is 5.92 Å². The van der Waals surface area contributed by atoms with Gasteiger partial charge in [0.1, 0.15) is 23.6 Å². The zero-order chi connectivity index (χ0) is 29.1. The van der Waals surface area contributed by atoms with Crippen LogP contribution in [-0.2, 0) is 6.61 Å². The lowest BCUT2D eigenvalue weighted by molar-refractivity contribution is 0.0361. The Morgan fingerprint density at radius 3 is 2.59 bits per heavy atom. The SMILES string of the molecule is Cl.Cl.NC1CCN(C[C@@H]2CCCN3CCCC[C@H]23)CC1.O=C(O)c1cc2c(OCc3coc4cccc(Cl)c34)cccc2[nH]1. The molecule has 0 unspecified atom stereocenters. The van der Waals surface area contributed by atoms with Crippen molar-refractivity contribution in [3.05, 3.63) is 65.0 Å². The molecular formula is C33H43Cl3N4O4. The van der Waals surface area contributed by atoms with Gasteiger partial charge < -0.3 is 34.8 Å². The number of rotatable bonds is 6. The van der Waals surface area contributed by atoms with Gasteiger partial charge in [-0.1, -0.05) is 30.2 Å². The zero-order valence-corrected chi connectivity index (χ0v) is 27.3. The third-order valence-corrected chi connectivity index (χ3v) is 9.53. The lowest BCUT2D eigenvalue weighted by Crippen LogP contribution is -2.52. The number of nitrogens with two attached hydrogens (primary N) is 1. The summed E-state index contributed by atoms with van der Waals surface area (Å²) in [6.45, 7) is 6.82. The van der Waals surface area contributed by atoms with Crippen molar-refractivity contribution < 1.29 is 19.1 Å². The number of hydrogen-bond acceptors (Lipinski definition) is 6. The molecule has 0 saturated carbocycles. The number of carboxylic acid groups (broad SMARTS) is 1.